The average Bonchev–Trinajstić information content (AvgIpc) is 3.30. The fourth-order valence-electron chi connectivity index (χ4n) is 3.82. The number of carbonyl (C=O) groups is 1. The maximum absolute atomic E-state index is 13.2. The van der Waals surface area contributed by atoms with E-state index in [2.05, 4.69) is 5.32 Å². The van der Waals surface area contributed by atoms with E-state index in [0.717, 1.165) is 36.0 Å². The van der Waals surface area contributed by atoms with Crippen molar-refractivity contribution in [2.24, 2.45) is 0 Å². The second-order valence-corrected chi connectivity index (χ2v) is 10.7. The number of ether oxygens (including phenoxy) is 1. The molecule has 0 spiro atoms. The van der Waals surface area contributed by atoms with Crippen LogP contribution in [0.5, 0.6) is 5.75 Å². The number of sulfonamides is 1. The van der Waals surface area contributed by atoms with E-state index >= 15 is 0 Å². The van der Waals surface area contributed by atoms with Gasteiger partial charge in [-0.1, -0.05) is 36.2 Å². The van der Waals surface area contributed by atoms with Crippen LogP contribution in [0.3, 0.4) is 0 Å². The summed E-state index contributed by atoms with van der Waals surface area (Å²) in [6, 6.07) is 14.5. The number of nitrogens with one attached hydrogen (secondary N) is 1. The van der Waals surface area contributed by atoms with Crippen LogP contribution in [0.1, 0.15) is 34.5 Å². The van der Waals surface area contributed by atoms with Gasteiger partial charge in [0.25, 0.3) is 5.91 Å². The third-order valence-corrected chi connectivity index (χ3v) is 8.41. The van der Waals surface area contributed by atoms with Gasteiger partial charge >= 0.3 is 0 Å². The number of benzene rings is 2. The molecule has 6 nitrogen and oxygen atoms in total. The van der Waals surface area contributed by atoms with Crippen molar-refractivity contribution in [3.8, 4) is 16.9 Å². The van der Waals surface area contributed by atoms with Gasteiger partial charge in [-0.15, -0.1) is 11.3 Å². The molecular formula is C24H26N2O4S2. The first-order valence-electron chi connectivity index (χ1n) is 10.5. The molecule has 8 heteroatoms. The summed E-state index contributed by atoms with van der Waals surface area (Å²) in [6.45, 7) is 3.05. The standard InChI is InChI=1S/C24H26N2O4S2/c1-17-6-8-18(9-7-17)20-12-15-31-23(20)24(27)25-21-16-19(10-11-22(21)30-2)32(28,29)26-13-4-3-5-14-26/h6-12,15-16H,3-5,13-14H2,1-2H3,(H,25,27). The fraction of sp³-hybridized carbons (Fsp3) is 0.292. The van der Waals surface area contributed by atoms with Crippen molar-refractivity contribution in [3.05, 3.63) is 64.4 Å². The van der Waals surface area contributed by atoms with Gasteiger partial charge in [0.1, 0.15) is 5.75 Å². The van der Waals surface area contributed by atoms with Crippen LogP contribution in [0.4, 0.5) is 5.69 Å². The highest BCUT2D eigenvalue weighted by molar-refractivity contribution is 7.89. The number of methoxy groups -OCH3 is 1. The molecule has 1 amide bonds. The molecule has 168 valence electrons. The van der Waals surface area contributed by atoms with Crippen LogP contribution in [0.2, 0.25) is 0 Å². The Kier molecular flexibility index (Phi) is 6.64. The molecule has 32 heavy (non-hydrogen) atoms. The van der Waals surface area contributed by atoms with Gasteiger partial charge in [-0.25, -0.2) is 8.42 Å². The molecule has 4 rings (SSSR count). The highest BCUT2D eigenvalue weighted by Gasteiger charge is 2.27. The molecule has 1 aliphatic heterocycles. The van der Waals surface area contributed by atoms with Gasteiger partial charge in [-0.3, -0.25) is 4.79 Å². The van der Waals surface area contributed by atoms with Gasteiger partial charge in [0.2, 0.25) is 10.0 Å². The molecule has 2 aromatic carbocycles. The summed E-state index contributed by atoms with van der Waals surface area (Å²) >= 11 is 1.34. The summed E-state index contributed by atoms with van der Waals surface area (Å²) in [5.74, 6) is 0.103. The molecule has 0 bridgehead atoms. The third kappa shape index (κ3) is 4.57. The number of hydrogen-bond donors (Lipinski definition) is 1. The summed E-state index contributed by atoms with van der Waals surface area (Å²) in [5, 5.41) is 4.74. The van der Waals surface area contributed by atoms with Crippen molar-refractivity contribution in [2.45, 2.75) is 31.1 Å². The minimum Gasteiger partial charge on any atom is -0.495 e. The Morgan fingerprint density at radius 2 is 1.75 bits per heavy atom. The Balaban J connectivity index is 1.63. The minimum atomic E-state index is -3.63. The molecule has 2 heterocycles. The predicted molar refractivity (Wildman–Crippen MR) is 128 cm³/mol. The molecule has 0 radical (unpaired) electrons. The highest BCUT2D eigenvalue weighted by atomic mass is 32.2. The Morgan fingerprint density at radius 3 is 2.44 bits per heavy atom. The Hall–Kier alpha value is -2.68. The molecule has 1 saturated heterocycles. The molecule has 0 atom stereocenters. The van der Waals surface area contributed by atoms with Crippen molar-refractivity contribution in [1.29, 1.82) is 0 Å². The van der Waals surface area contributed by atoms with E-state index in [4.69, 9.17) is 4.74 Å². The number of hydrogen-bond acceptors (Lipinski definition) is 5. The lowest BCUT2D eigenvalue weighted by Crippen LogP contribution is -2.35. The Labute approximate surface area is 192 Å². The van der Waals surface area contributed by atoms with Crippen molar-refractivity contribution in [2.75, 3.05) is 25.5 Å². The average molecular weight is 471 g/mol. The van der Waals surface area contributed by atoms with E-state index in [0.29, 0.717) is 29.4 Å². The number of thiophene rings is 1. The maximum Gasteiger partial charge on any atom is 0.266 e. The first kappa shape index (κ1) is 22.5. The summed E-state index contributed by atoms with van der Waals surface area (Å²) in [7, 11) is -2.13. The van der Waals surface area contributed by atoms with Crippen molar-refractivity contribution in [3.63, 3.8) is 0 Å². The smallest absolute Gasteiger partial charge is 0.266 e. The lowest BCUT2D eigenvalue weighted by Gasteiger charge is -2.26. The van der Waals surface area contributed by atoms with E-state index in [9.17, 15) is 13.2 Å². The highest BCUT2D eigenvalue weighted by Crippen LogP contribution is 2.33. The van der Waals surface area contributed by atoms with Gasteiger partial charge in [-0.2, -0.15) is 4.31 Å². The monoisotopic (exact) mass is 470 g/mol. The lowest BCUT2D eigenvalue weighted by atomic mass is 10.0. The molecular weight excluding hydrogens is 444 g/mol. The number of anilines is 1. The number of carbonyl (C=O) groups excluding carboxylic acids is 1. The quantitative estimate of drug-likeness (QED) is 0.540. The van der Waals surface area contributed by atoms with Gasteiger partial charge < -0.3 is 10.1 Å². The van der Waals surface area contributed by atoms with Crippen LogP contribution >= 0.6 is 11.3 Å². The van der Waals surface area contributed by atoms with E-state index in [-0.39, 0.29) is 10.8 Å². The first-order chi connectivity index (χ1) is 15.4. The Morgan fingerprint density at radius 1 is 1.03 bits per heavy atom. The van der Waals surface area contributed by atoms with Crippen molar-refractivity contribution < 1.29 is 17.9 Å². The van der Waals surface area contributed by atoms with Crippen LogP contribution in [0.25, 0.3) is 11.1 Å². The number of aryl methyl sites for hydroxylation is 1. The second kappa shape index (κ2) is 9.44. The van der Waals surface area contributed by atoms with Crippen LogP contribution in [0.15, 0.2) is 58.8 Å². The van der Waals surface area contributed by atoms with Gasteiger partial charge in [0.05, 0.1) is 22.6 Å². The van der Waals surface area contributed by atoms with E-state index in [1.807, 2.05) is 42.6 Å². The molecule has 1 aliphatic rings. The fourth-order valence-corrected chi connectivity index (χ4v) is 6.18. The third-order valence-electron chi connectivity index (χ3n) is 5.61. The van der Waals surface area contributed by atoms with E-state index < -0.39 is 10.0 Å². The minimum absolute atomic E-state index is 0.153. The van der Waals surface area contributed by atoms with E-state index in [1.54, 1.807) is 6.07 Å². The molecule has 1 aromatic heterocycles. The summed E-state index contributed by atoms with van der Waals surface area (Å²) in [6.07, 6.45) is 2.76. The SMILES string of the molecule is COc1ccc(S(=O)(=O)N2CCCCC2)cc1NC(=O)c1sccc1-c1ccc(C)cc1. The lowest BCUT2D eigenvalue weighted by molar-refractivity contribution is 0.103. The topological polar surface area (TPSA) is 75.7 Å². The van der Waals surface area contributed by atoms with Crippen LogP contribution in [0, 0.1) is 6.92 Å². The number of rotatable bonds is 6. The molecule has 3 aromatic rings. The van der Waals surface area contributed by atoms with Crippen LogP contribution in [-0.4, -0.2) is 38.8 Å². The van der Waals surface area contributed by atoms with Gasteiger partial charge in [0, 0.05) is 18.7 Å². The molecule has 1 fully saturated rings. The van der Waals surface area contributed by atoms with Crippen LogP contribution in [-0.2, 0) is 10.0 Å². The molecule has 0 aliphatic carbocycles. The Bertz CT molecular complexity index is 1210. The van der Waals surface area contributed by atoms with E-state index in [1.165, 1.54) is 34.9 Å². The molecule has 1 N–H and O–H groups in total. The van der Waals surface area contributed by atoms with Crippen molar-refractivity contribution >= 4 is 33.0 Å². The first-order valence-corrected chi connectivity index (χ1v) is 12.9. The molecule has 0 unspecified atom stereocenters. The van der Waals surface area contributed by atoms with Gasteiger partial charge in [-0.05, 0) is 55.0 Å². The number of piperidine rings is 1. The largest absolute Gasteiger partial charge is 0.495 e. The zero-order valence-corrected chi connectivity index (χ0v) is 19.8. The predicted octanol–water partition coefficient (Wildman–Crippen LogP) is 5.16. The zero-order chi connectivity index (χ0) is 22.7. The summed E-state index contributed by atoms with van der Waals surface area (Å²) < 4.78 is 33.1. The number of amides is 1. The number of nitrogens with zero attached hydrogens (tertiary/aromatic N) is 1. The normalized spacial score (nSPS) is 14.8. The zero-order valence-electron chi connectivity index (χ0n) is 18.1. The summed E-state index contributed by atoms with van der Waals surface area (Å²) in [4.78, 5) is 13.9. The van der Waals surface area contributed by atoms with Gasteiger partial charge in [0.15, 0.2) is 0 Å². The van der Waals surface area contributed by atoms with Crippen molar-refractivity contribution in [1.82, 2.24) is 4.31 Å². The summed E-state index contributed by atoms with van der Waals surface area (Å²) in [5.41, 5.74) is 3.27. The second-order valence-electron chi connectivity index (χ2n) is 7.81. The molecule has 0 saturated carbocycles. The maximum atomic E-state index is 13.2. The van der Waals surface area contributed by atoms with Crippen LogP contribution < -0.4 is 10.1 Å².